The van der Waals surface area contributed by atoms with Gasteiger partial charge in [-0.1, -0.05) is 23.4 Å². The summed E-state index contributed by atoms with van der Waals surface area (Å²) in [5.41, 5.74) is 1.25. The van der Waals surface area contributed by atoms with Gasteiger partial charge in [0.2, 0.25) is 11.8 Å². The van der Waals surface area contributed by atoms with Crippen LogP contribution in [0.25, 0.3) is 0 Å². The second-order valence-electron chi connectivity index (χ2n) is 7.67. The number of amides is 3. The van der Waals surface area contributed by atoms with Crippen LogP contribution in [-0.4, -0.2) is 69.5 Å². The molecule has 2 aromatic carbocycles. The number of nitrogens with one attached hydrogen (secondary N) is 1. The summed E-state index contributed by atoms with van der Waals surface area (Å²) in [5, 5.41) is 21.1. The first-order chi connectivity index (χ1) is 16.8. The molecule has 2 heterocycles. The van der Waals surface area contributed by atoms with Crippen LogP contribution in [0.2, 0.25) is 5.02 Å². The summed E-state index contributed by atoms with van der Waals surface area (Å²) in [6.07, 6.45) is -0.536. The van der Waals surface area contributed by atoms with Gasteiger partial charge in [-0.25, -0.2) is 9.79 Å². The van der Waals surface area contributed by atoms with Crippen LogP contribution < -0.4 is 5.32 Å². The van der Waals surface area contributed by atoms with E-state index < -0.39 is 11.3 Å². The van der Waals surface area contributed by atoms with E-state index in [-0.39, 0.29) is 42.1 Å². The number of carbonyl (C=O) groups is 3. The molecule has 0 aromatic heterocycles. The lowest BCUT2D eigenvalue weighted by atomic mass is 10.2. The highest BCUT2D eigenvalue weighted by atomic mass is 35.5. The number of phenols is 1. The molecule has 12 heteroatoms. The van der Waals surface area contributed by atoms with Gasteiger partial charge in [-0.05, 0) is 42.5 Å². The predicted octanol–water partition coefficient (Wildman–Crippen LogP) is 3.33. The lowest BCUT2D eigenvalue weighted by Gasteiger charge is -2.20. The number of cyclic esters (lactones) is 1. The number of nitrogens with zero attached hydrogens (tertiary/aromatic N) is 4. The van der Waals surface area contributed by atoms with Gasteiger partial charge >= 0.3 is 6.09 Å². The van der Waals surface area contributed by atoms with Crippen LogP contribution in [-0.2, 0) is 14.3 Å². The standard InChI is InChI=1S/C23H20ClN5O5S/c24-18-11-16(2-1-14(18)13-25)27-22-29(8-7-28-9-10-34-23(28)33)21(32)19(35-22)12-20(31)26-15-3-5-17(30)6-4-15/h1-6,11,19,30H,7-10,12H2,(H,26,31). The Morgan fingerprint density at radius 2 is 2.03 bits per heavy atom. The summed E-state index contributed by atoms with van der Waals surface area (Å²) in [4.78, 5) is 45.1. The van der Waals surface area contributed by atoms with Gasteiger partial charge in [0.05, 0.1) is 22.8 Å². The number of benzene rings is 2. The molecule has 3 amide bonds. The van der Waals surface area contributed by atoms with Crippen molar-refractivity contribution >= 4 is 57.8 Å². The van der Waals surface area contributed by atoms with Crippen LogP contribution >= 0.6 is 23.4 Å². The van der Waals surface area contributed by atoms with Crippen molar-refractivity contribution in [2.75, 3.05) is 31.6 Å². The molecule has 2 aromatic rings. The lowest BCUT2D eigenvalue weighted by Crippen LogP contribution is -2.40. The quantitative estimate of drug-likeness (QED) is 0.542. The predicted molar refractivity (Wildman–Crippen MR) is 131 cm³/mol. The first-order valence-electron chi connectivity index (χ1n) is 10.6. The third-order valence-corrected chi connectivity index (χ3v) is 6.77. The van der Waals surface area contributed by atoms with Crippen molar-refractivity contribution in [3.63, 3.8) is 0 Å². The van der Waals surface area contributed by atoms with Crippen molar-refractivity contribution in [2.45, 2.75) is 11.7 Å². The number of hydrogen-bond acceptors (Lipinski definition) is 8. The molecule has 0 aliphatic carbocycles. The van der Waals surface area contributed by atoms with Gasteiger partial charge in [0.15, 0.2) is 5.17 Å². The molecule has 0 saturated carbocycles. The Kier molecular flexibility index (Phi) is 7.43. The third kappa shape index (κ3) is 5.85. The van der Waals surface area contributed by atoms with E-state index in [1.54, 1.807) is 18.2 Å². The third-order valence-electron chi connectivity index (χ3n) is 5.28. The van der Waals surface area contributed by atoms with Gasteiger partial charge in [-0.2, -0.15) is 5.26 Å². The highest BCUT2D eigenvalue weighted by molar-refractivity contribution is 8.15. The normalized spacial score (nSPS) is 18.6. The largest absolute Gasteiger partial charge is 0.508 e. The maximum Gasteiger partial charge on any atom is 0.410 e. The van der Waals surface area contributed by atoms with Gasteiger partial charge in [0, 0.05) is 25.2 Å². The molecule has 0 radical (unpaired) electrons. The zero-order valence-electron chi connectivity index (χ0n) is 18.3. The lowest BCUT2D eigenvalue weighted by molar-refractivity contribution is -0.128. The fraction of sp³-hybridized carbons (Fsp3) is 0.261. The fourth-order valence-electron chi connectivity index (χ4n) is 3.48. The van der Waals surface area contributed by atoms with Gasteiger partial charge < -0.3 is 20.1 Å². The van der Waals surface area contributed by atoms with E-state index in [4.69, 9.17) is 21.6 Å². The van der Waals surface area contributed by atoms with Crippen LogP contribution in [0.15, 0.2) is 47.5 Å². The molecule has 1 atom stereocenters. The fourth-order valence-corrected chi connectivity index (χ4v) is 4.88. The van der Waals surface area contributed by atoms with Crippen molar-refractivity contribution in [1.82, 2.24) is 9.80 Å². The van der Waals surface area contributed by atoms with Crippen LogP contribution in [0.4, 0.5) is 16.2 Å². The summed E-state index contributed by atoms with van der Waals surface area (Å²) >= 11 is 7.27. The number of halogens is 1. The maximum atomic E-state index is 13.2. The Balaban J connectivity index is 1.51. The Bertz CT molecular complexity index is 1230. The molecule has 180 valence electrons. The smallest absolute Gasteiger partial charge is 0.410 e. The molecule has 35 heavy (non-hydrogen) atoms. The molecule has 2 N–H and O–H groups in total. The molecule has 10 nitrogen and oxygen atoms in total. The van der Waals surface area contributed by atoms with Crippen LogP contribution in [0.5, 0.6) is 5.75 Å². The molecular weight excluding hydrogens is 494 g/mol. The number of aromatic hydroxyl groups is 1. The van der Waals surface area contributed by atoms with E-state index in [1.165, 1.54) is 34.1 Å². The molecule has 2 saturated heterocycles. The molecule has 4 rings (SSSR count). The molecule has 2 fully saturated rings. The number of amidine groups is 1. The van der Waals surface area contributed by atoms with E-state index in [0.717, 1.165) is 11.8 Å². The minimum Gasteiger partial charge on any atom is -0.508 e. The highest BCUT2D eigenvalue weighted by Crippen LogP contribution is 2.33. The van der Waals surface area contributed by atoms with Gasteiger partial charge in [-0.3, -0.25) is 14.5 Å². The summed E-state index contributed by atoms with van der Waals surface area (Å²) < 4.78 is 4.94. The summed E-state index contributed by atoms with van der Waals surface area (Å²) in [6, 6.07) is 12.7. The highest BCUT2D eigenvalue weighted by Gasteiger charge is 2.39. The van der Waals surface area contributed by atoms with Gasteiger partial charge in [0.1, 0.15) is 23.7 Å². The summed E-state index contributed by atoms with van der Waals surface area (Å²) in [7, 11) is 0. The van der Waals surface area contributed by atoms with Crippen LogP contribution in [0.3, 0.4) is 0 Å². The zero-order chi connectivity index (χ0) is 24.9. The van der Waals surface area contributed by atoms with Gasteiger partial charge in [-0.15, -0.1) is 0 Å². The van der Waals surface area contributed by atoms with E-state index in [1.807, 2.05) is 6.07 Å². The van der Waals surface area contributed by atoms with Crippen molar-refractivity contribution in [1.29, 1.82) is 5.26 Å². The monoisotopic (exact) mass is 513 g/mol. The maximum absolute atomic E-state index is 13.2. The number of ether oxygens (including phenoxy) is 1. The average Bonchev–Trinajstić information content (AvgIpc) is 3.36. The number of thioether (sulfide) groups is 1. The average molecular weight is 514 g/mol. The first kappa shape index (κ1) is 24.4. The summed E-state index contributed by atoms with van der Waals surface area (Å²) in [6.45, 7) is 1.17. The van der Waals surface area contributed by atoms with Crippen LogP contribution in [0.1, 0.15) is 12.0 Å². The number of rotatable bonds is 7. The molecule has 1 unspecified atom stereocenters. The first-order valence-corrected chi connectivity index (χ1v) is 11.9. The molecule has 0 spiro atoms. The zero-order valence-corrected chi connectivity index (χ0v) is 19.9. The Morgan fingerprint density at radius 3 is 2.69 bits per heavy atom. The van der Waals surface area contributed by atoms with E-state index in [2.05, 4.69) is 10.3 Å². The van der Waals surface area contributed by atoms with Gasteiger partial charge in [0.25, 0.3) is 0 Å². The van der Waals surface area contributed by atoms with Crippen molar-refractivity contribution in [3.05, 3.63) is 53.1 Å². The molecule has 0 bridgehead atoms. The second-order valence-corrected chi connectivity index (χ2v) is 9.24. The molecule has 2 aliphatic rings. The minimum absolute atomic E-state index is 0.0748. The molecule has 2 aliphatic heterocycles. The Morgan fingerprint density at radius 1 is 1.26 bits per heavy atom. The minimum atomic E-state index is -0.717. The van der Waals surface area contributed by atoms with Crippen LogP contribution in [0, 0.1) is 11.3 Å². The molecular formula is C23H20ClN5O5S. The number of anilines is 1. The Hall–Kier alpha value is -3.75. The van der Waals surface area contributed by atoms with E-state index >= 15 is 0 Å². The Labute approximate surface area is 210 Å². The number of phenolic OH excluding ortho intramolecular Hbond substituents is 1. The SMILES string of the molecule is N#Cc1ccc(N=C2SC(CC(=O)Nc3ccc(O)cc3)C(=O)N2CCN2CCOC2=O)cc1Cl. The van der Waals surface area contributed by atoms with Crippen molar-refractivity contribution in [3.8, 4) is 11.8 Å². The van der Waals surface area contributed by atoms with Crippen molar-refractivity contribution in [2.24, 2.45) is 4.99 Å². The van der Waals surface area contributed by atoms with E-state index in [9.17, 15) is 19.5 Å². The van der Waals surface area contributed by atoms with E-state index in [0.29, 0.717) is 35.3 Å². The number of hydrogen-bond donors (Lipinski definition) is 2. The second kappa shape index (κ2) is 10.7. The number of aliphatic imine (C=N–C) groups is 1. The number of carbonyl (C=O) groups excluding carboxylic acids is 3. The topological polar surface area (TPSA) is 135 Å². The summed E-state index contributed by atoms with van der Waals surface area (Å²) in [5.74, 6) is -0.597. The number of nitriles is 1. The van der Waals surface area contributed by atoms with Crippen molar-refractivity contribution < 1.29 is 24.2 Å².